The Bertz CT molecular complexity index is 1290. The molecule has 2 amide bonds. The molecular formula is C26H26N4O3S. The molecule has 34 heavy (non-hydrogen) atoms. The van der Waals surface area contributed by atoms with E-state index in [0.29, 0.717) is 23.1 Å². The molecule has 2 fully saturated rings. The number of hydrogen-bond acceptors (Lipinski definition) is 4. The normalized spacial score (nSPS) is 17.1. The fraction of sp³-hybridized carbons (Fsp3) is 0.269. The molecule has 0 saturated carbocycles. The van der Waals surface area contributed by atoms with Crippen LogP contribution in [0.15, 0.2) is 60.4 Å². The molecule has 3 aromatic rings. The van der Waals surface area contributed by atoms with Crippen molar-refractivity contribution < 1.29 is 14.3 Å². The second-order valence-corrected chi connectivity index (χ2v) is 8.76. The van der Waals surface area contributed by atoms with E-state index in [1.165, 1.54) is 4.90 Å². The fourth-order valence-electron chi connectivity index (χ4n) is 4.52. The van der Waals surface area contributed by atoms with Gasteiger partial charge in [-0.15, -0.1) is 0 Å². The number of carbonyl (C=O) groups is 2. The number of likely N-dealkylation sites (tertiary alicyclic amines) is 1. The summed E-state index contributed by atoms with van der Waals surface area (Å²) in [6, 6.07) is 15.2. The largest absolute Gasteiger partial charge is 0.494 e. The maximum Gasteiger partial charge on any atom is 0.281 e. The standard InChI is InChI=1S/C26H26N4O3S/c1-2-33-20-11-9-19(10-12-20)30-25(32)22(27-26(30)34)15-18-16-29(23-8-4-3-7-21(18)23)17-24(31)28-13-5-6-14-28/h3-4,7-12,15-16H,2,5-6,13-14,17H2,1H3,(H,27,34). The number of aromatic nitrogens is 1. The number of para-hydroxylation sites is 1. The molecule has 0 bridgehead atoms. The Balaban J connectivity index is 1.43. The first-order chi connectivity index (χ1) is 16.5. The smallest absolute Gasteiger partial charge is 0.281 e. The van der Waals surface area contributed by atoms with Crippen molar-refractivity contribution in [2.24, 2.45) is 0 Å². The molecule has 3 heterocycles. The van der Waals surface area contributed by atoms with Crippen LogP contribution in [-0.4, -0.2) is 46.1 Å². The third-order valence-corrected chi connectivity index (χ3v) is 6.45. The summed E-state index contributed by atoms with van der Waals surface area (Å²) >= 11 is 5.46. The highest BCUT2D eigenvalue weighted by atomic mass is 32.1. The molecule has 2 aromatic carbocycles. The molecule has 0 atom stereocenters. The number of rotatable bonds is 6. The molecule has 0 unspecified atom stereocenters. The van der Waals surface area contributed by atoms with E-state index in [1.54, 1.807) is 0 Å². The molecule has 0 radical (unpaired) electrons. The lowest BCUT2D eigenvalue weighted by Crippen LogP contribution is -2.30. The van der Waals surface area contributed by atoms with Crippen LogP contribution in [0.3, 0.4) is 0 Å². The van der Waals surface area contributed by atoms with Crippen molar-refractivity contribution in [3.63, 3.8) is 0 Å². The highest BCUT2D eigenvalue weighted by Gasteiger charge is 2.32. The van der Waals surface area contributed by atoms with Crippen molar-refractivity contribution in [1.29, 1.82) is 0 Å². The molecule has 0 spiro atoms. The van der Waals surface area contributed by atoms with E-state index >= 15 is 0 Å². The molecule has 1 aromatic heterocycles. The second-order valence-electron chi connectivity index (χ2n) is 8.37. The summed E-state index contributed by atoms with van der Waals surface area (Å²) < 4.78 is 7.45. The van der Waals surface area contributed by atoms with Gasteiger partial charge in [0, 0.05) is 35.8 Å². The van der Waals surface area contributed by atoms with Crippen LogP contribution in [0, 0.1) is 0 Å². The predicted octanol–water partition coefficient (Wildman–Crippen LogP) is 3.92. The average molecular weight is 475 g/mol. The molecule has 2 saturated heterocycles. The second kappa shape index (κ2) is 9.30. The van der Waals surface area contributed by atoms with E-state index in [4.69, 9.17) is 17.0 Å². The summed E-state index contributed by atoms with van der Waals surface area (Å²) in [6.07, 6.45) is 5.87. The number of fused-ring (bicyclic) bond motifs is 1. The molecule has 174 valence electrons. The van der Waals surface area contributed by atoms with Crippen LogP contribution >= 0.6 is 12.2 Å². The van der Waals surface area contributed by atoms with Crippen LogP contribution < -0.4 is 15.0 Å². The number of benzene rings is 2. The SMILES string of the molecule is CCOc1ccc(N2C(=O)C(=Cc3cn(CC(=O)N4CCCC4)c4ccccc34)NC2=S)cc1. The van der Waals surface area contributed by atoms with Crippen LogP contribution in [0.5, 0.6) is 5.75 Å². The lowest BCUT2D eigenvalue weighted by molar-refractivity contribution is -0.130. The zero-order valence-corrected chi connectivity index (χ0v) is 19.8. The van der Waals surface area contributed by atoms with Crippen LogP contribution in [-0.2, 0) is 16.1 Å². The molecular weight excluding hydrogens is 448 g/mol. The maximum atomic E-state index is 13.2. The molecule has 2 aliphatic heterocycles. The third kappa shape index (κ3) is 4.17. The van der Waals surface area contributed by atoms with Gasteiger partial charge in [-0.3, -0.25) is 14.5 Å². The highest BCUT2D eigenvalue weighted by molar-refractivity contribution is 7.80. The number of nitrogens with zero attached hydrogens (tertiary/aromatic N) is 3. The van der Waals surface area contributed by atoms with Gasteiger partial charge in [-0.1, -0.05) is 18.2 Å². The number of anilines is 1. The lowest BCUT2D eigenvalue weighted by Gasteiger charge is -2.15. The summed E-state index contributed by atoms with van der Waals surface area (Å²) in [4.78, 5) is 29.4. The Morgan fingerprint density at radius 2 is 1.85 bits per heavy atom. The van der Waals surface area contributed by atoms with Crippen LogP contribution in [0.25, 0.3) is 17.0 Å². The minimum absolute atomic E-state index is 0.121. The molecule has 7 nitrogen and oxygen atoms in total. The van der Waals surface area contributed by atoms with Gasteiger partial charge in [0.15, 0.2) is 5.11 Å². The van der Waals surface area contributed by atoms with Gasteiger partial charge < -0.3 is 19.5 Å². The quantitative estimate of drug-likeness (QED) is 0.433. The van der Waals surface area contributed by atoms with Crippen molar-refractivity contribution in [3.8, 4) is 5.75 Å². The van der Waals surface area contributed by atoms with Crippen LogP contribution in [0.4, 0.5) is 5.69 Å². The summed E-state index contributed by atoms with van der Waals surface area (Å²) in [5.74, 6) is 0.637. The Hall–Kier alpha value is -3.65. The topological polar surface area (TPSA) is 66.8 Å². The maximum absolute atomic E-state index is 13.2. The Morgan fingerprint density at radius 1 is 1.12 bits per heavy atom. The van der Waals surface area contributed by atoms with E-state index < -0.39 is 0 Å². The monoisotopic (exact) mass is 474 g/mol. The van der Waals surface area contributed by atoms with Gasteiger partial charge in [0.1, 0.15) is 18.0 Å². The van der Waals surface area contributed by atoms with Gasteiger partial charge >= 0.3 is 0 Å². The first-order valence-electron chi connectivity index (χ1n) is 11.5. The van der Waals surface area contributed by atoms with Crippen molar-refractivity contribution in [2.45, 2.75) is 26.3 Å². The van der Waals surface area contributed by atoms with Crippen LogP contribution in [0.2, 0.25) is 0 Å². The molecule has 2 aliphatic rings. The number of amides is 2. The first-order valence-corrected chi connectivity index (χ1v) is 11.9. The summed E-state index contributed by atoms with van der Waals surface area (Å²) in [5, 5.41) is 4.36. The molecule has 8 heteroatoms. The van der Waals surface area contributed by atoms with Crippen LogP contribution in [0.1, 0.15) is 25.3 Å². The van der Waals surface area contributed by atoms with Crippen molar-refractivity contribution in [2.75, 3.05) is 24.6 Å². The van der Waals surface area contributed by atoms with E-state index in [0.717, 1.165) is 48.1 Å². The van der Waals surface area contributed by atoms with E-state index in [9.17, 15) is 9.59 Å². The van der Waals surface area contributed by atoms with E-state index in [1.807, 2.05) is 77.2 Å². The van der Waals surface area contributed by atoms with E-state index in [2.05, 4.69) is 5.32 Å². The third-order valence-electron chi connectivity index (χ3n) is 6.17. The lowest BCUT2D eigenvalue weighted by atomic mass is 10.1. The summed E-state index contributed by atoms with van der Waals surface area (Å²) in [5.41, 5.74) is 2.89. The number of ether oxygens (including phenoxy) is 1. The molecule has 0 aliphatic carbocycles. The Morgan fingerprint density at radius 3 is 2.59 bits per heavy atom. The Labute approximate surface area is 203 Å². The molecule has 5 rings (SSSR count). The summed E-state index contributed by atoms with van der Waals surface area (Å²) in [6.45, 7) is 4.43. The van der Waals surface area contributed by atoms with Gasteiger partial charge in [-0.05, 0) is 68.4 Å². The number of nitrogens with one attached hydrogen (secondary N) is 1. The van der Waals surface area contributed by atoms with Crippen molar-refractivity contribution in [1.82, 2.24) is 14.8 Å². The number of hydrogen-bond donors (Lipinski definition) is 1. The van der Waals surface area contributed by atoms with Crippen molar-refractivity contribution >= 4 is 51.8 Å². The predicted molar refractivity (Wildman–Crippen MR) is 137 cm³/mol. The minimum Gasteiger partial charge on any atom is -0.494 e. The summed E-state index contributed by atoms with van der Waals surface area (Å²) in [7, 11) is 0. The van der Waals surface area contributed by atoms with Gasteiger partial charge in [-0.2, -0.15) is 0 Å². The number of thiocarbonyl (C=S) groups is 1. The number of carbonyl (C=O) groups excluding carboxylic acids is 2. The highest BCUT2D eigenvalue weighted by Crippen LogP contribution is 2.28. The average Bonchev–Trinajstić information content (AvgIpc) is 3.55. The first kappa shape index (κ1) is 22.2. The van der Waals surface area contributed by atoms with Crippen molar-refractivity contribution in [3.05, 3.63) is 66.0 Å². The fourth-order valence-corrected chi connectivity index (χ4v) is 4.81. The minimum atomic E-state index is -0.223. The zero-order valence-electron chi connectivity index (χ0n) is 19.0. The Kier molecular flexibility index (Phi) is 6.06. The van der Waals surface area contributed by atoms with Gasteiger partial charge in [-0.25, -0.2) is 0 Å². The van der Waals surface area contributed by atoms with Gasteiger partial charge in [0.2, 0.25) is 5.91 Å². The van der Waals surface area contributed by atoms with Gasteiger partial charge in [0.05, 0.1) is 12.3 Å². The van der Waals surface area contributed by atoms with E-state index in [-0.39, 0.29) is 18.4 Å². The zero-order chi connectivity index (χ0) is 23.7. The van der Waals surface area contributed by atoms with Gasteiger partial charge in [0.25, 0.3) is 5.91 Å². The molecule has 1 N–H and O–H groups in total.